The van der Waals surface area contributed by atoms with Gasteiger partial charge in [-0.25, -0.2) is 4.68 Å². The zero-order valence-corrected chi connectivity index (χ0v) is 14.2. The molecular formula is C15H23N5OS. The van der Waals surface area contributed by atoms with Crippen LogP contribution in [0.4, 0.5) is 0 Å². The zero-order chi connectivity index (χ0) is 15.9. The molecule has 0 atom stereocenters. The van der Waals surface area contributed by atoms with E-state index in [0.717, 1.165) is 44.0 Å². The molecule has 1 heterocycles. The number of methoxy groups -OCH3 is 1. The number of tetrazole rings is 1. The van der Waals surface area contributed by atoms with Crippen molar-refractivity contribution in [2.45, 2.75) is 26.8 Å². The zero-order valence-electron chi connectivity index (χ0n) is 13.4. The monoisotopic (exact) mass is 321 g/mol. The van der Waals surface area contributed by atoms with E-state index in [2.05, 4.69) is 29.1 Å². The van der Waals surface area contributed by atoms with E-state index in [-0.39, 0.29) is 0 Å². The summed E-state index contributed by atoms with van der Waals surface area (Å²) in [5.41, 5.74) is 0.864. The van der Waals surface area contributed by atoms with Gasteiger partial charge in [-0.15, -0.1) is 0 Å². The molecule has 0 bridgehead atoms. The van der Waals surface area contributed by atoms with Crippen molar-refractivity contribution in [2.24, 2.45) is 0 Å². The topological polar surface area (TPSA) is 48.1 Å². The summed E-state index contributed by atoms with van der Waals surface area (Å²) in [6, 6.07) is 7.75. The van der Waals surface area contributed by atoms with E-state index in [1.807, 2.05) is 33.7 Å². The minimum Gasteiger partial charge on any atom is -0.494 e. The molecule has 2 rings (SSSR count). The van der Waals surface area contributed by atoms with Crippen LogP contribution in [0.3, 0.4) is 0 Å². The predicted octanol–water partition coefficient (Wildman–Crippen LogP) is 2.54. The van der Waals surface area contributed by atoms with Crippen LogP contribution in [0.15, 0.2) is 24.3 Å². The van der Waals surface area contributed by atoms with E-state index in [1.54, 1.807) is 7.11 Å². The third kappa shape index (κ3) is 3.72. The first-order valence-electron chi connectivity index (χ1n) is 7.59. The minimum absolute atomic E-state index is 0.437. The number of ether oxygens (including phenoxy) is 1. The molecule has 0 aliphatic heterocycles. The molecule has 0 aliphatic carbocycles. The SMILES string of the molecule is CCN(CC)CCCn1nnc(=S)n1-c1ccccc1OC. The Hall–Kier alpha value is -1.73. The molecular weight excluding hydrogens is 298 g/mol. The molecule has 120 valence electrons. The standard InChI is InChI=1S/C15H23N5OS/c1-4-18(5-2)11-8-12-19-17-16-15(22)20(19)13-9-6-7-10-14(13)21-3/h6-7,9-10H,4-5,8,11-12H2,1-3H3. The molecule has 0 amide bonds. The molecule has 7 heteroatoms. The van der Waals surface area contributed by atoms with Crippen molar-refractivity contribution >= 4 is 12.2 Å². The average molecular weight is 321 g/mol. The first kappa shape index (κ1) is 16.6. The highest BCUT2D eigenvalue weighted by atomic mass is 32.1. The van der Waals surface area contributed by atoms with Gasteiger partial charge in [0.1, 0.15) is 11.4 Å². The summed E-state index contributed by atoms with van der Waals surface area (Å²) in [6.07, 6.45) is 0.995. The molecule has 2 aromatic rings. The maximum atomic E-state index is 5.41. The van der Waals surface area contributed by atoms with Gasteiger partial charge in [-0.3, -0.25) is 0 Å². The van der Waals surface area contributed by atoms with Crippen molar-refractivity contribution < 1.29 is 4.74 Å². The minimum atomic E-state index is 0.437. The van der Waals surface area contributed by atoms with Gasteiger partial charge in [0.2, 0.25) is 4.77 Å². The van der Waals surface area contributed by atoms with Crippen molar-refractivity contribution in [2.75, 3.05) is 26.7 Å². The van der Waals surface area contributed by atoms with Gasteiger partial charge in [0.05, 0.1) is 13.7 Å². The van der Waals surface area contributed by atoms with E-state index in [0.29, 0.717) is 4.77 Å². The predicted molar refractivity (Wildman–Crippen MR) is 89.1 cm³/mol. The summed E-state index contributed by atoms with van der Waals surface area (Å²) < 4.78 is 7.68. The normalized spacial score (nSPS) is 11.1. The van der Waals surface area contributed by atoms with Crippen molar-refractivity contribution in [1.29, 1.82) is 0 Å². The number of nitrogens with zero attached hydrogens (tertiary/aromatic N) is 5. The van der Waals surface area contributed by atoms with Crippen LogP contribution in [0.1, 0.15) is 20.3 Å². The molecule has 1 aromatic heterocycles. The summed E-state index contributed by atoms with van der Waals surface area (Å²) in [4.78, 5) is 4.20. The summed E-state index contributed by atoms with van der Waals surface area (Å²) in [6.45, 7) is 8.27. The van der Waals surface area contributed by atoms with Gasteiger partial charge < -0.3 is 9.64 Å². The number of hydrogen-bond donors (Lipinski definition) is 0. The third-order valence-electron chi connectivity index (χ3n) is 3.69. The lowest BCUT2D eigenvalue weighted by molar-refractivity contribution is 0.284. The molecule has 0 saturated carbocycles. The van der Waals surface area contributed by atoms with E-state index in [4.69, 9.17) is 17.0 Å². The van der Waals surface area contributed by atoms with E-state index in [9.17, 15) is 0 Å². The number of hydrogen-bond acceptors (Lipinski definition) is 5. The second-order valence-electron chi connectivity index (χ2n) is 4.93. The molecule has 1 aromatic carbocycles. The first-order valence-corrected chi connectivity index (χ1v) is 8.00. The molecule has 6 nitrogen and oxygen atoms in total. The fraction of sp³-hybridized carbons (Fsp3) is 0.533. The third-order valence-corrected chi connectivity index (χ3v) is 3.94. The Morgan fingerprint density at radius 1 is 1.23 bits per heavy atom. The van der Waals surface area contributed by atoms with Gasteiger partial charge in [0.25, 0.3) is 0 Å². The number of para-hydroxylation sites is 2. The highest BCUT2D eigenvalue weighted by Crippen LogP contribution is 2.21. The van der Waals surface area contributed by atoms with Crippen LogP contribution in [0.2, 0.25) is 0 Å². The summed E-state index contributed by atoms with van der Waals surface area (Å²) in [5.74, 6) is 0.755. The first-order chi connectivity index (χ1) is 10.7. The van der Waals surface area contributed by atoms with Gasteiger partial charge >= 0.3 is 0 Å². The molecule has 0 unspecified atom stereocenters. The molecule has 0 saturated heterocycles. The molecule has 0 spiro atoms. The van der Waals surface area contributed by atoms with Crippen LogP contribution >= 0.6 is 12.2 Å². The smallest absolute Gasteiger partial charge is 0.243 e. The summed E-state index contributed by atoms with van der Waals surface area (Å²) >= 11 is 5.31. The lowest BCUT2D eigenvalue weighted by atomic mass is 10.3. The quantitative estimate of drug-likeness (QED) is 0.699. The Morgan fingerprint density at radius 3 is 2.64 bits per heavy atom. The van der Waals surface area contributed by atoms with Gasteiger partial charge in [-0.1, -0.05) is 31.1 Å². The van der Waals surface area contributed by atoms with Gasteiger partial charge in [-0.05, 0) is 55.6 Å². The molecule has 0 radical (unpaired) electrons. The maximum Gasteiger partial charge on any atom is 0.243 e. The van der Waals surface area contributed by atoms with Crippen LogP contribution in [0.5, 0.6) is 5.75 Å². The second-order valence-corrected chi connectivity index (χ2v) is 5.30. The number of rotatable bonds is 8. The summed E-state index contributed by atoms with van der Waals surface area (Å²) in [7, 11) is 1.65. The average Bonchev–Trinajstić information content (AvgIpc) is 2.92. The number of benzene rings is 1. The summed E-state index contributed by atoms with van der Waals surface area (Å²) in [5, 5.41) is 8.20. The number of aromatic nitrogens is 4. The molecule has 0 fully saturated rings. The Balaban J connectivity index is 2.20. The van der Waals surface area contributed by atoms with Crippen LogP contribution in [0, 0.1) is 4.77 Å². The fourth-order valence-electron chi connectivity index (χ4n) is 2.42. The Kier molecular flexibility index (Phi) is 6.09. The Labute approximate surface area is 136 Å². The molecule has 0 N–H and O–H groups in total. The van der Waals surface area contributed by atoms with E-state index < -0.39 is 0 Å². The van der Waals surface area contributed by atoms with Crippen LogP contribution in [0.25, 0.3) is 5.69 Å². The van der Waals surface area contributed by atoms with Crippen molar-refractivity contribution in [3.63, 3.8) is 0 Å². The molecule has 22 heavy (non-hydrogen) atoms. The highest BCUT2D eigenvalue weighted by molar-refractivity contribution is 7.71. The van der Waals surface area contributed by atoms with Gasteiger partial charge in [0.15, 0.2) is 0 Å². The van der Waals surface area contributed by atoms with E-state index >= 15 is 0 Å². The largest absolute Gasteiger partial charge is 0.494 e. The second kappa shape index (κ2) is 8.05. The lowest BCUT2D eigenvalue weighted by Crippen LogP contribution is -2.25. The van der Waals surface area contributed by atoms with Crippen LogP contribution in [-0.2, 0) is 6.54 Å². The number of aryl methyl sites for hydroxylation is 1. The van der Waals surface area contributed by atoms with Crippen molar-refractivity contribution in [3.05, 3.63) is 29.0 Å². The fourth-order valence-corrected chi connectivity index (χ4v) is 2.65. The van der Waals surface area contributed by atoms with Gasteiger partial charge in [0, 0.05) is 0 Å². The highest BCUT2D eigenvalue weighted by Gasteiger charge is 2.11. The van der Waals surface area contributed by atoms with Crippen molar-refractivity contribution in [1.82, 2.24) is 24.7 Å². The Bertz CT molecular complexity index is 647. The van der Waals surface area contributed by atoms with Crippen LogP contribution in [-0.4, -0.2) is 51.4 Å². The molecule has 0 aliphatic rings. The van der Waals surface area contributed by atoms with Gasteiger partial charge in [-0.2, -0.15) is 4.80 Å². The van der Waals surface area contributed by atoms with Crippen LogP contribution < -0.4 is 4.74 Å². The lowest BCUT2D eigenvalue weighted by Gasteiger charge is -2.18. The maximum absolute atomic E-state index is 5.41. The van der Waals surface area contributed by atoms with E-state index in [1.165, 1.54) is 0 Å². The van der Waals surface area contributed by atoms with Crippen molar-refractivity contribution in [3.8, 4) is 11.4 Å². The Morgan fingerprint density at radius 2 is 1.95 bits per heavy atom.